The van der Waals surface area contributed by atoms with Gasteiger partial charge < -0.3 is 9.52 Å². The van der Waals surface area contributed by atoms with Crippen LogP contribution < -0.4 is 0 Å². The van der Waals surface area contributed by atoms with Crippen molar-refractivity contribution in [1.82, 2.24) is 14.5 Å². The molecule has 0 fully saturated rings. The molecule has 6 heteroatoms. The third kappa shape index (κ3) is 7.32. The van der Waals surface area contributed by atoms with Crippen LogP contribution in [-0.4, -0.2) is 19.6 Å². The Balaban J connectivity index is 0.00000484. The summed E-state index contributed by atoms with van der Waals surface area (Å²) in [6, 6.07) is 68.5. The Morgan fingerprint density at radius 2 is 1.20 bits per heavy atom. The van der Waals surface area contributed by atoms with E-state index in [1.165, 1.54) is 5.56 Å². The van der Waals surface area contributed by atoms with E-state index in [1.807, 2.05) is 54.7 Å². The number of aromatic nitrogens is 3. The van der Waals surface area contributed by atoms with E-state index in [4.69, 9.17) is 14.4 Å². The molecule has 5 nitrogen and oxygen atoms in total. The summed E-state index contributed by atoms with van der Waals surface area (Å²) < 4.78 is 8.44. The SMILES string of the molecule is CC(C)(C)c1ccc(-n2c(-c3cc4c(cc3O)oc3ccccc34)nc3c(-c4[c-]c(-c5cc(-c6ccccc6)ccn5)cc(-c5ccccc5)c4)cccc32)c(-c2ccccc2)c1.[Pt]. The number of imidazole rings is 1. The molecule has 0 unspecified atom stereocenters. The van der Waals surface area contributed by atoms with Gasteiger partial charge in [-0.2, -0.15) is 0 Å². The van der Waals surface area contributed by atoms with Gasteiger partial charge in [-0.3, -0.25) is 9.55 Å². The number of para-hydroxylation sites is 2. The molecule has 0 atom stereocenters. The molecule has 0 aliphatic rings. The van der Waals surface area contributed by atoms with Gasteiger partial charge in [0.15, 0.2) is 0 Å². The summed E-state index contributed by atoms with van der Waals surface area (Å²) in [7, 11) is 0. The van der Waals surface area contributed by atoms with Crippen LogP contribution >= 0.6 is 0 Å². The average Bonchev–Trinajstić information content (AvgIpc) is 3.89. The number of phenolic OH excluding ortho intramolecular Hbond substituents is 1. The molecule has 0 spiro atoms. The van der Waals surface area contributed by atoms with E-state index in [1.54, 1.807) is 6.07 Å². The molecule has 0 saturated heterocycles. The van der Waals surface area contributed by atoms with Gasteiger partial charge in [-0.25, -0.2) is 4.98 Å². The van der Waals surface area contributed by atoms with Crippen LogP contribution in [0.2, 0.25) is 0 Å². The topological polar surface area (TPSA) is 64.1 Å². The van der Waals surface area contributed by atoms with Crippen LogP contribution in [0.3, 0.4) is 0 Å². The molecule has 0 radical (unpaired) electrons. The Bertz CT molecular complexity index is 3500. The van der Waals surface area contributed by atoms with Crippen molar-refractivity contribution in [2.24, 2.45) is 0 Å². The van der Waals surface area contributed by atoms with Crippen molar-refractivity contribution in [2.75, 3.05) is 0 Å². The fourth-order valence-corrected chi connectivity index (χ4v) is 8.77. The zero-order valence-electron chi connectivity index (χ0n) is 35.5. The third-order valence-electron chi connectivity index (χ3n) is 12.0. The van der Waals surface area contributed by atoms with Crippen LogP contribution in [0.25, 0.3) is 106 Å². The van der Waals surface area contributed by atoms with Gasteiger partial charge in [0.2, 0.25) is 0 Å². The maximum atomic E-state index is 12.0. The van der Waals surface area contributed by atoms with Crippen molar-refractivity contribution in [1.29, 1.82) is 0 Å². The second-order valence-electron chi connectivity index (χ2n) is 17.1. The molecule has 8 aromatic carbocycles. The van der Waals surface area contributed by atoms with E-state index in [0.717, 1.165) is 88.8 Å². The van der Waals surface area contributed by atoms with E-state index in [2.05, 4.69) is 165 Å². The van der Waals surface area contributed by atoms with Gasteiger partial charge in [-0.1, -0.05) is 171 Å². The average molecular weight is 1010 g/mol. The van der Waals surface area contributed by atoms with Gasteiger partial charge in [-0.15, -0.1) is 23.8 Å². The molecule has 0 aliphatic heterocycles. The van der Waals surface area contributed by atoms with E-state index < -0.39 is 0 Å². The molecular formula is C58H42N3O2Pt-. The smallest absolute Gasteiger partial charge is 0.148 e. The van der Waals surface area contributed by atoms with Gasteiger partial charge >= 0.3 is 0 Å². The molecule has 3 heterocycles. The summed E-state index contributed by atoms with van der Waals surface area (Å²) in [4.78, 5) is 10.5. The number of phenols is 1. The summed E-state index contributed by atoms with van der Waals surface area (Å²) >= 11 is 0. The molecule has 1 N–H and O–H groups in total. The maximum absolute atomic E-state index is 12.0. The predicted molar refractivity (Wildman–Crippen MR) is 258 cm³/mol. The van der Waals surface area contributed by atoms with Crippen molar-refractivity contribution in [2.45, 2.75) is 26.2 Å². The summed E-state index contributed by atoms with van der Waals surface area (Å²) in [6.45, 7) is 6.72. The molecule has 312 valence electrons. The quantitative estimate of drug-likeness (QED) is 0.162. The summed E-state index contributed by atoms with van der Waals surface area (Å²) in [6.07, 6.45) is 1.87. The predicted octanol–water partition coefficient (Wildman–Crippen LogP) is 15.1. The Kier molecular flexibility index (Phi) is 10.4. The van der Waals surface area contributed by atoms with E-state index in [9.17, 15) is 5.11 Å². The van der Waals surface area contributed by atoms with Crippen molar-refractivity contribution in [3.8, 4) is 78.6 Å². The minimum absolute atomic E-state index is 0. The fourth-order valence-electron chi connectivity index (χ4n) is 8.77. The molecule has 11 aromatic rings. The number of fused-ring (bicyclic) bond motifs is 4. The number of nitrogens with zero attached hydrogens (tertiary/aromatic N) is 3. The molecule has 0 bridgehead atoms. The van der Waals surface area contributed by atoms with E-state index >= 15 is 0 Å². The fraction of sp³-hybridized carbons (Fsp3) is 0.0690. The van der Waals surface area contributed by atoms with Crippen molar-refractivity contribution < 1.29 is 30.6 Å². The Morgan fingerprint density at radius 1 is 0.531 bits per heavy atom. The van der Waals surface area contributed by atoms with Gasteiger partial charge in [0.05, 0.1) is 22.3 Å². The Labute approximate surface area is 386 Å². The summed E-state index contributed by atoms with van der Waals surface area (Å²) in [5.74, 6) is 0.691. The first-order valence-corrected chi connectivity index (χ1v) is 21.3. The van der Waals surface area contributed by atoms with Crippen LogP contribution in [-0.2, 0) is 26.5 Å². The second-order valence-corrected chi connectivity index (χ2v) is 17.1. The first-order valence-electron chi connectivity index (χ1n) is 21.3. The van der Waals surface area contributed by atoms with Gasteiger partial charge in [0.25, 0.3) is 0 Å². The van der Waals surface area contributed by atoms with Crippen LogP contribution in [0.15, 0.2) is 199 Å². The molecule has 64 heavy (non-hydrogen) atoms. The molecule has 0 aliphatic carbocycles. The zero-order valence-corrected chi connectivity index (χ0v) is 37.8. The number of rotatable bonds is 7. The van der Waals surface area contributed by atoms with Crippen LogP contribution in [0.1, 0.15) is 26.3 Å². The van der Waals surface area contributed by atoms with Crippen LogP contribution in [0.4, 0.5) is 0 Å². The summed E-state index contributed by atoms with van der Waals surface area (Å²) in [5, 5.41) is 13.9. The molecule has 3 aromatic heterocycles. The van der Waals surface area contributed by atoms with Crippen LogP contribution in [0.5, 0.6) is 5.75 Å². The van der Waals surface area contributed by atoms with Gasteiger partial charge in [-0.05, 0) is 69.6 Å². The van der Waals surface area contributed by atoms with Gasteiger partial charge in [0.1, 0.15) is 22.7 Å². The Morgan fingerprint density at radius 3 is 1.94 bits per heavy atom. The second kappa shape index (κ2) is 16.4. The van der Waals surface area contributed by atoms with E-state index in [0.29, 0.717) is 17.0 Å². The van der Waals surface area contributed by atoms with E-state index in [-0.39, 0.29) is 32.2 Å². The number of hydrogen-bond donors (Lipinski definition) is 1. The van der Waals surface area contributed by atoms with Crippen molar-refractivity contribution in [3.63, 3.8) is 0 Å². The zero-order chi connectivity index (χ0) is 42.7. The third-order valence-corrected chi connectivity index (χ3v) is 12.0. The molecule has 0 amide bonds. The number of furan rings is 1. The van der Waals surface area contributed by atoms with Gasteiger partial charge in [0, 0.05) is 55.4 Å². The molecule has 0 saturated carbocycles. The summed E-state index contributed by atoms with van der Waals surface area (Å²) in [5.41, 5.74) is 15.7. The standard InChI is InChI=1S/C58H42N3O2.Pt/c1-58(2,3)44-26-27-51(47(34-44)39-20-11-6-12-21-39)61-52-24-15-23-45(56(52)60-57(61)49-35-48-46-22-13-14-25-54(46)63-55(48)36-53(49)62)42-30-41(38-18-9-5-10-19-38)31-43(32-42)50-33-40(28-29-59-50)37-16-7-4-8-17-37;/h4-31,33-36,62H,1-3H3;/q-1;. The minimum atomic E-state index is -0.0898. The first-order chi connectivity index (χ1) is 30.8. The van der Waals surface area contributed by atoms with Crippen molar-refractivity contribution >= 4 is 33.0 Å². The van der Waals surface area contributed by atoms with Crippen LogP contribution in [0, 0.1) is 6.07 Å². The number of aromatic hydroxyl groups is 1. The Hall–Kier alpha value is -7.33. The number of hydrogen-bond acceptors (Lipinski definition) is 4. The number of pyridine rings is 1. The normalized spacial score (nSPS) is 11.6. The van der Waals surface area contributed by atoms with Crippen molar-refractivity contribution in [3.05, 3.63) is 206 Å². The largest absolute Gasteiger partial charge is 0.507 e. The maximum Gasteiger partial charge on any atom is 0.148 e. The molecular weight excluding hydrogens is 966 g/mol. The first kappa shape index (κ1) is 40.7. The molecule has 11 rings (SSSR count). The number of benzene rings is 8. The minimum Gasteiger partial charge on any atom is -0.507 e. The monoisotopic (exact) mass is 1010 g/mol.